The van der Waals surface area contributed by atoms with Gasteiger partial charge in [0.25, 0.3) is 0 Å². The molecule has 0 saturated heterocycles. The van der Waals surface area contributed by atoms with Crippen LogP contribution >= 0.6 is 11.8 Å². The van der Waals surface area contributed by atoms with E-state index in [9.17, 15) is 13.2 Å². The van der Waals surface area contributed by atoms with Crippen molar-refractivity contribution >= 4 is 27.6 Å². The van der Waals surface area contributed by atoms with Gasteiger partial charge in [0.1, 0.15) is 0 Å². The number of hydrogen-bond donors (Lipinski definition) is 1. The van der Waals surface area contributed by atoms with E-state index >= 15 is 0 Å². The zero-order valence-electron chi connectivity index (χ0n) is 11.6. The maximum Gasteiger partial charge on any atom is 0.240 e. The minimum absolute atomic E-state index is 0.122. The summed E-state index contributed by atoms with van der Waals surface area (Å²) >= 11 is 1.59. The number of rotatable bonds is 6. The standard InChI is InChI=1S/C13H19NO3S2/c1-10(15)11-6-5-7-12(8-11)19(16,17)14-9-13(2,3)18-4/h5-8,14H,9H2,1-4H3. The van der Waals surface area contributed by atoms with Crippen LogP contribution in [0.4, 0.5) is 0 Å². The maximum absolute atomic E-state index is 12.1. The topological polar surface area (TPSA) is 63.2 Å². The molecule has 0 aliphatic rings. The van der Waals surface area contributed by atoms with Crippen molar-refractivity contribution < 1.29 is 13.2 Å². The molecular formula is C13H19NO3S2. The van der Waals surface area contributed by atoms with Gasteiger partial charge in [0.15, 0.2) is 5.78 Å². The molecule has 1 rings (SSSR count). The molecule has 0 aromatic heterocycles. The van der Waals surface area contributed by atoms with Crippen LogP contribution in [0.5, 0.6) is 0 Å². The summed E-state index contributed by atoms with van der Waals surface area (Å²) in [5.74, 6) is -0.151. The third-order valence-electron chi connectivity index (χ3n) is 2.79. The van der Waals surface area contributed by atoms with Crippen LogP contribution < -0.4 is 4.72 Å². The molecule has 4 nitrogen and oxygen atoms in total. The van der Waals surface area contributed by atoms with Crippen LogP contribution in [-0.4, -0.2) is 31.7 Å². The summed E-state index contributed by atoms with van der Waals surface area (Å²) in [5, 5.41) is 0. The Labute approximate surface area is 119 Å². The summed E-state index contributed by atoms with van der Waals surface area (Å²) in [7, 11) is -3.58. The van der Waals surface area contributed by atoms with Gasteiger partial charge in [0.05, 0.1) is 4.90 Å². The molecule has 0 heterocycles. The lowest BCUT2D eigenvalue weighted by molar-refractivity contribution is 0.101. The predicted octanol–water partition coefficient (Wildman–Crippen LogP) is 2.31. The average molecular weight is 301 g/mol. The Morgan fingerprint density at radius 1 is 1.37 bits per heavy atom. The highest BCUT2D eigenvalue weighted by atomic mass is 32.2. The van der Waals surface area contributed by atoms with Crippen molar-refractivity contribution in [2.45, 2.75) is 30.4 Å². The van der Waals surface area contributed by atoms with Crippen LogP contribution in [0.25, 0.3) is 0 Å². The quantitative estimate of drug-likeness (QED) is 0.819. The van der Waals surface area contributed by atoms with E-state index in [1.165, 1.54) is 19.1 Å². The Hall–Kier alpha value is -0.850. The fourth-order valence-electron chi connectivity index (χ4n) is 1.31. The number of carbonyl (C=O) groups excluding carboxylic acids is 1. The number of carbonyl (C=O) groups is 1. The van der Waals surface area contributed by atoms with Crippen LogP contribution in [0.15, 0.2) is 29.2 Å². The van der Waals surface area contributed by atoms with Crippen molar-refractivity contribution in [2.24, 2.45) is 0 Å². The first-order valence-electron chi connectivity index (χ1n) is 5.84. The number of Topliss-reactive ketones (excluding diaryl/α,β-unsaturated/α-hetero) is 1. The number of thioether (sulfide) groups is 1. The van der Waals surface area contributed by atoms with E-state index < -0.39 is 10.0 Å². The van der Waals surface area contributed by atoms with Crippen LogP contribution in [-0.2, 0) is 10.0 Å². The second-order valence-electron chi connectivity index (χ2n) is 4.87. The molecule has 0 unspecified atom stereocenters. The van der Waals surface area contributed by atoms with E-state index in [1.54, 1.807) is 23.9 Å². The van der Waals surface area contributed by atoms with E-state index in [0.717, 1.165) is 0 Å². The Balaban J connectivity index is 2.95. The monoisotopic (exact) mass is 301 g/mol. The zero-order chi connectivity index (χ0) is 14.7. The minimum Gasteiger partial charge on any atom is -0.295 e. The molecule has 0 bridgehead atoms. The maximum atomic E-state index is 12.1. The third kappa shape index (κ3) is 4.63. The highest BCUT2D eigenvalue weighted by Gasteiger charge is 2.21. The Kier molecular flexibility index (Phi) is 5.18. The number of sulfonamides is 1. The highest BCUT2D eigenvalue weighted by molar-refractivity contribution is 8.00. The largest absolute Gasteiger partial charge is 0.295 e. The lowest BCUT2D eigenvalue weighted by Gasteiger charge is -2.22. The molecule has 0 amide bonds. The molecular weight excluding hydrogens is 282 g/mol. The molecule has 1 N–H and O–H groups in total. The average Bonchev–Trinajstić information content (AvgIpc) is 2.37. The van der Waals surface area contributed by atoms with E-state index in [-0.39, 0.29) is 15.4 Å². The van der Waals surface area contributed by atoms with Gasteiger partial charge in [-0.1, -0.05) is 12.1 Å². The molecule has 6 heteroatoms. The van der Waals surface area contributed by atoms with Crippen molar-refractivity contribution in [2.75, 3.05) is 12.8 Å². The normalized spacial score (nSPS) is 12.4. The third-order valence-corrected chi connectivity index (χ3v) is 5.44. The van der Waals surface area contributed by atoms with Gasteiger partial charge < -0.3 is 0 Å². The first-order chi connectivity index (χ1) is 8.68. The molecule has 0 spiro atoms. The van der Waals surface area contributed by atoms with E-state index in [0.29, 0.717) is 12.1 Å². The Morgan fingerprint density at radius 3 is 2.53 bits per heavy atom. The van der Waals surface area contributed by atoms with Gasteiger partial charge in [0.2, 0.25) is 10.0 Å². The summed E-state index contributed by atoms with van der Waals surface area (Å²) in [6.07, 6.45) is 1.94. The SMILES string of the molecule is CSC(C)(C)CNS(=O)(=O)c1cccc(C(C)=O)c1. The number of nitrogens with one attached hydrogen (secondary N) is 1. The first-order valence-corrected chi connectivity index (χ1v) is 8.54. The molecule has 0 aliphatic carbocycles. The summed E-state index contributed by atoms with van der Waals surface area (Å²) in [6.45, 7) is 5.68. The van der Waals surface area contributed by atoms with Gasteiger partial charge in [-0.3, -0.25) is 4.79 Å². The van der Waals surface area contributed by atoms with Crippen molar-refractivity contribution in [3.63, 3.8) is 0 Å². The Bertz CT molecular complexity index is 565. The predicted molar refractivity (Wildman–Crippen MR) is 79.2 cm³/mol. The Morgan fingerprint density at radius 2 is 2.00 bits per heavy atom. The van der Waals surface area contributed by atoms with Crippen molar-refractivity contribution in [3.8, 4) is 0 Å². The molecule has 1 aromatic rings. The van der Waals surface area contributed by atoms with Crippen LogP contribution in [0.2, 0.25) is 0 Å². The summed E-state index contributed by atoms with van der Waals surface area (Å²) in [4.78, 5) is 11.4. The molecule has 0 saturated carbocycles. The molecule has 1 aromatic carbocycles. The van der Waals surface area contributed by atoms with Gasteiger partial charge in [-0.05, 0) is 39.2 Å². The van der Waals surface area contributed by atoms with Gasteiger partial charge in [-0.25, -0.2) is 13.1 Å². The molecule has 0 fully saturated rings. The van der Waals surface area contributed by atoms with Gasteiger partial charge in [0, 0.05) is 16.9 Å². The fourth-order valence-corrected chi connectivity index (χ4v) is 2.87. The number of hydrogen-bond acceptors (Lipinski definition) is 4. The molecule has 106 valence electrons. The summed E-state index contributed by atoms with van der Waals surface area (Å²) in [6, 6.07) is 6.07. The van der Waals surface area contributed by atoms with E-state index in [4.69, 9.17) is 0 Å². The van der Waals surface area contributed by atoms with E-state index in [2.05, 4.69) is 4.72 Å². The van der Waals surface area contributed by atoms with Crippen LogP contribution in [0.1, 0.15) is 31.1 Å². The molecule has 0 atom stereocenters. The smallest absolute Gasteiger partial charge is 0.240 e. The van der Waals surface area contributed by atoms with Crippen molar-refractivity contribution in [3.05, 3.63) is 29.8 Å². The zero-order valence-corrected chi connectivity index (χ0v) is 13.2. The fraction of sp³-hybridized carbons (Fsp3) is 0.462. The molecule has 19 heavy (non-hydrogen) atoms. The lowest BCUT2D eigenvalue weighted by Crippen LogP contribution is -2.36. The molecule has 0 aliphatic heterocycles. The van der Waals surface area contributed by atoms with Crippen molar-refractivity contribution in [1.29, 1.82) is 0 Å². The second kappa shape index (κ2) is 6.07. The highest BCUT2D eigenvalue weighted by Crippen LogP contribution is 2.21. The number of ketones is 1. The van der Waals surface area contributed by atoms with Crippen molar-refractivity contribution in [1.82, 2.24) is 4.72 Å². The van der Waals surface area contributed by atoms with Gasteiger partial charge in [-0.15, -0.1) is 0 Å². The first kappa shape index (κ1) is 16.2. The molecule has 0 radical (unpaired) electrons. The minimum atomic E-state index is -3.58. The summed E-state index contributed by atoms with van der Waals surface area (Å²) < 4.78 is 26.7. The van der Waals surface area contributed by atoms with Gasteiger partial charge in [-0.2, -0.15) is 11.8 Å². The van der Waals surface area contributed by atoms with Crippen LogP contribution in [0.3, 0.4) is 0 Å². The van der Waals surface area contributed by atoms with E-state index in [1.807, 2.05) is 20.1 Å². The van der Waals surface area contributed by atoms with Gasteiger partial charge >= 0.3 is 0 Å². The summed E-state index contributed by atoms with van der Waals surface area (Å²) in [5.41, 5.74) is 0.395. The second-order valence-corrected chi connectivity index (χ2v) is 8.15. The number of benzene rings is 1. The lowest BCUT2D eigenvalue weighted by atomic mass is 10.2. The van der Waals surface area contributed by atoms with Crippen LogP contribution in [0, 0.1) is 0 Å².